The predicted molar refractivity (Wildman–Crippen MR) is 135 cm³/mol. The second-order valence-electron chi connectivity index (χ2n) is 9.60. The van der Waals surface area contributed by atoms with E-state index < -0.39 is 17.9 Å². The van der Waals surface area contributed by atoms with Crippen LogP contribution in [0.1, 0.15) is 55.9 Å². The lowest BCUT2D eigenvalue weighted by Gasteiger charge is -2.25. The minimum absolute atomic E-state index is 0.0591. The van der Waals surface area contributed by atoms with Crippen LogP contribution in [0.3, 0.4) is 0 Å². The van der Waals surface area contributed by atoms with Gasteiger partial charge in [0.2, 0.25) is 5.88 Å². The average Bonchev–Trinajstić information content (AvgIpc) is 3.21. The van der Waals surface area contributed by atoms with Crippen molar-refractivity contribution in [1.82, 2.24) is 4.98 Å². The smallest absolute Gasteiger partial charge is 0.306 e. The van der Waals surface area contributed by atoms with E-state index in [-0.39, 0.29) is 18.4 Å². The van der Waals surface area contributed by atoms with Gasteiger partial charge in [-0.05, 0) is 64.3 Å². The van der Waals surface area contributed by atoms with E-state index in [0.717, 1.165) is 35.1 Å². The summed E-state index contributed by atoms with van der Waals surface area (Å²) in [5.41, 5.74) is 4.60. The maximum atomic E-state index is 14.9. The minimum Gasteiger partial charge on any atom is -0.489 e. The second kappa shape index (κ2) is 10.5. The highest BCUT2D eigenvalue weighted by Gasteiger charge is 2.30. The molecule has 0 bridgehead atoms. The van der Waals surface area contributed by atoms with Gasteiger partial charge in [0.15, 0.2) is 0 Å². The number of aliphatic hydroxyl groups excluding tert-OH is 1. The van der Waals surface area contributed by atoms with Crippen molar-refractivity contribution in [2.24, 2.45) is 5.41 Å². The van der Waals surface area contributed by atoms with E-state index in [4.69, 9.17) is 14.6 Å². The lowest BCUT2D eigenvalue weighted by molar-refractivity contribution is -0.139. The molecule has 0 aliphatic heterocycles. The van der Waals surface area contributed by atoms with Gasteiger partial charge >= 0.3 is 5.97 Å². The van der Waals surface area contributed by atoms with E-state index in [1.807, 2.05) is 18.2 Å². The van der Waals surface area contributed by atoms with Crippen LogP contribution in [0.25, 0.3) is 16.7 Å². The number of aliphatic carboxylic acids is 1. The first-order chi connectivity index (χ1) is 17.2. The summed E-state index contributed by atoms with van der Waals surface area (Å²) in [7, 11) is 1.50. The van der Waals surface area contributed by atoms with Crippen LogP contribution in [0, 0.1) is 11.2 Å². The number of benzene rings is 2. The van der Waals surface area contributed by atoms with Crippen molar-refractivity contribution in [2.75, 3.05) is 7.11 Å². The molecule has 0 amide bonds. The van der Waals surface area contributed by atoms with Crippen LogP contribution in [0.2, 0.25) is 0 Å². The van der Waals surface area contributed by atoms with E-state index in [9.17, 15) is 14.3 Å². The van der Waals surface area contributed by atoms with Crippen molar-refractivity contribution in [2.45, 2.75) is 45.8 Å². The number of aromatic nitrogens is 1. The summed E-state index contributed by atoms with van der Waals surface area (Å²) in [6, 6.07) is 14.2. The molecule has 0 radical (unpaired) electrons. The maximum absolute atomic E-state index is 14.9. The molecule has 188 valence electrons. The molecular weight excluding hydrogens is 461 g/mol. The van der Waals surface area contributed by atoms with Crippen LogP contribution in [0.15, 0.2) is 60.8 Å². The third-order valence-corrected chi connectivity index (χ3v) is 6.57. The predicted octanol–water partition coefficient (Wildman–Crippen LogP) is 6.19. The molecule has 1 aliphatic carbocycles. The zero-order valence-corrected chi connectivity index (χ0v) is 20.6. The molecule has 0 saturated carbocycles. The van der Waals surface area contributed by atoms with Gasteiger partial charge in [0.1, 0.15) is 18.2 Å². The number of methoxy groups -OCH3 is 1. The van der Waals surface area contributed by atoms with E-state index in [2.05, 4.69) is 24.9 Å². The summed E-state index contributed by atoms with van der Waals surface area (Å²) < 4.78 is 26.1. The Balaban J connectivity index is 1.66. The first-order valence-corrected chi connectivity index (χ1v) is 11.8. The highest BCUT2D eigenvalue weighted by molar-refractivity contribution is 5.85. The Bertz CT molecular complexity index is 1300. The molecule has 3 aromatic rings. The summed E-state index contributed by atoms with van der Waals surface area (Å²) in [5, 5.41) is 19.1. The van der Waals surface area contributed by atoms with Crippen molar-refractivity contribution >= 4 is 11.5 Å². The quantitative estimate of drug-likeness (QED) is 0.371. The Morgan fingerprint density at radius 1 is 1.14 bits per heavy atom. The molecule has 0 saturated heterocycles. The fourth-order valence-corrected chi connectivity index (χ4v) is 4.60. The van der Waals surface area contributed by atoms with Crippen molar-refractivity contribution in [3.8, 4) is 22.8 Å². The standard InChI is InChI=1S/C29H30FNO5/c1-29(2)11-5-8-24(29)22-12-18(9-10-21(22)23-14-27(35-3)31-16-25(23)30)17-36-20-7-4-6-19(13-20)26(32)15-28(33)34/h4,6-10,12-14,16,26,32H,5,11,15,17H2,1-3H3,(H,33,34)/t26-/m1/s1. The average molecular weight is 492 g/mol. The topological polar surface area (TPSA) is 88.9 Å². The maximum Gasteiger partial charge on any atom is 0.306 e. The monoisotopic (exact) mass is 491 g/mol. The van der Waals surface area contributed by atoms with Crippen molar-refractivity contribution < 1.29 is 28.9 Å². The van der Waals surface area contributed by atoms with E-state index >= 15 is 0 Å². The fraction of sp³-hybridized carbons (Fsp3) is 0.310. The highest BCUT2D eigenvalue weighted by Crippen LogP contribution is 2.47. The highest BCUT2D eigenvalue weighted by atomic mass is 19.1. The summed E-state index contributed by atoms with van der Waals surface area (Å²) in [6.45, 7) is 4.63. The molecule has 1 heterocycles. The van der Waals surface area contributed by atoms with Crippen molar-refractivity contribution in [1.29, 1.82) is 0 Å². The number of rotatable bonds is 9. The Kier molecular flexibility index (Phi) is 7.40. The van der Waals surface area contributed by atoms with Crippen LogP contribution in [0.4, 0.5) is 4.39 Å². The fourth-order valence-electron chi connectivity index (χ4n) is 4.60. The lowest BCUT2D eigenvalue weighted by atomic mass is 9.79. The number of aliphatic hydroxyl groups is 1. The number of carboxylic acids is 1. The SMILES string of the molecule is COc1cc(-c2ccc(COc3cccc([C@H](O)CC(=O)O)c3)cc2C2=CCCC2(C)C)c(F)cn1. The summed E-state index contributed by atoms with van der Waals surface area (Å²) >= 11 is 0. The van der Waals surface area contributed by atoms with E-state index in [1.54, 1.807) is 30.3 Å². The van der Waals surface area contributed by atoms with Crippen LogP contribution >= 0.6 is 0 Å². The molecule has 0 spiro atoms. The van der Waals surface area contributed by atoms with Crippen LogP contribution in [-0.2, 0) is 11.4 Å². The Hall–Kier alpha value is -3.71. The zero-order chi connectivity index (χ0) is 25.9. The van der Waals surface area contributed by atoms with Crippen LogP contribution in [0.5, 0.6) is 11.6 Å². The van der Waals surface area contributed by atoms with Gasteiger partial charge in [-0.15, -0.1) is 0 Å². The number of nitrogens with zero attached hydrogens (tertiary/aromatic N) is 1. The number of pyridine rings is 1. The van der Waals surface area contributed by atoms with Gasteiger partial charge in [-0.2, -0.15) is 0 Å². The Morgan fingerprint density at radius 3 is 2.64 bits per heavy atom. The van der Waals surface area contributed by atoms with Gasteiger partial charge < -0.3 is 19.7 Å². The van der Waals surface area contributed by atoms with Gasteiger partial charge in [-0.1, -0.05) is 44.2 Å². The molecule has 2 aromatic carbocycles. The molecule has 2 N–H and O–H groups in total. The zero-order valence-electron chi connectivity index (χ0n) is 20.6. The molecule has 1 aromatic heterocycles. The van der Waals surface area contributed by atoms with Crippen molar-refractivity contribution in [3.63, 3.8) is 0 Å². The molecule has 4 rings (SSSR count). The molecule has 6 nitrogen and oxygen atoms in total. The molecule has 1 aliphatic rings. The largest absolute Gasteiger partial charge is 0.489 e. The Labute approximate surface area is 210 Å². The third-order valence-electron chi connectivity index (χ3n) is 6.57. The first-order valence-electron chi connectivity index (χ1n) is 11.8. The number of allylic oxidation sites excluding steroid dienone is 2. The molecule has 0 fully saturated rings. The third kappa shape index (κ3) is 5.57. The lowest BCUT2D eigenvalue weighted by Crippen LogP contribution is -2.10. The molecule has 0 unspecified atom stereocenters. The van der Waals surface area contributed by atoms with Crippen LogP contribution < -0.4 is 9.47 Å². The number of carbonyl (C=O) groups is 1. The molecule has 1 atom stereocenters. The number of halogens is 1. The molecular formula is C29H30FNO5. The number of ether oxygens (including phenoxy) is 2. The molecule has 7 heteroatoms. The van der Waals surface area contributed by atoms with Crippen molar-refractivity contribution in [3.05, 3.63) is 83.3 Å². The Morgan fingerprint density at radius 2 is 1.94 bits per heavy atom. The number of hydrogen-bond donors (Lipinski definition) is 2. The van der Waals surface area contributed by atoms with Gasteiger partial charge in [-0.3, -0.25) is 4.79 Å². The summed E-state index contributed by atoms with van der Waals surface area (Å²) in [6.07, 6.45) is 3.87. The molecule has 36 heavy (non-hydrogen) atoms. The van der Waals surface area contributed by atoms with E-state index in [1.165, 1.54) is 13.3 Å². The van der Waals surface area contributed by atoms with Gasteiger partial charge in [0.25, 0.3) is 0 Å². The summed E-state index contributed by atoms with van der Waals surface area (Å²) in [4.78, 5) is 14.9. The number of carboxylic acid groups (broad SMARTS) is 1. The van der Waals surface area contributed by atoms with Crippen LogP contribution in [-0.4, -0.2) is 28.3 Å². The normalized spacial score (nSPS) is 15.3. The first kappa shape index (κ1) is 25.4. The van der Waals surface area contributed by atoms with Gasteiger partial charge in [0, 0.05) is 11.6 Å². The summed E-state index contributed by atoms with van der Waals surface area (Å²) in [5.74, 6) is -0.634. The van der Waals surface area contributed by atoms with Gasteiger partial charge in [0.05, 0.1) is 25.8 Å². The van der Waals surface area contributed by atoms with Gasteiger partial charge in [-0.25, -0.2) is 9.37 Å². The number of hydrogen-bond acceptors (Lipinski definition) is 5. The second-order valence-corrected chi connectivity index (χ2v) is 9.60. The van der Waals surface area contributed by atoms with E-state index in [0.29, 0.717) is 22.8 Å². The minimum atomic E-state index is -1.11.